The molecule has 0 bridgehead atoms. The molecule has 1 saturated heterocycles. The van der Waals surface area contributed by atoms with Gasteiger partial charge in [0.15, 0.2) is 0 Å². The molecule has 1 aliphatic heterocycles. The van der Waals surface area contributed by atoms with E-state index in [2.05, 4.69) is 5.32 Å². The molecule has 1 heterocycles. The van der Waals surface area contributed by atoms with Gasteiger partial charge in [-0.1, -0.05) is 6.92 Å². The smallest absolute Gasteiger partial charge is 0.245 e. The van der Waals surface area contributed by atoms with Crippen LogP contribution in [-0.2, 0) is 9.53 Å². The first-order valence-corrected chi connectivity index (χ1v) is 7.03. The summed E-state index contributed by atoms with van der Waals surface area (Å²) in [6.45, 7) is 3.75. The van der Waals surface area contributed by atoms with Crippen LogP contribution in [0.3, 0.4) is 0 Å². The van der Waals surface area contributed by atoms with Crippen LogP contribution in [0.2, 0.25) is 0 Å². The highest BCUT2D eigenvalue weighted by molar-refractivity contribution is 5.86. The summed E-state index contributed by atoms with van der Waals surface area (Å²) in [6.07, 6.45) is 1.44. The molecule has 1 unspecified atom stereocenters. The van der Waals surface area contributed by atoms with Crippen LogP contribution < -0.4 is 10.2 Å². The average molecular weight is 294 g/mol. The van der Waals surface area contributed by atoms with Gasteiger partial charge in [-0.25, -0.2) is 4.39 Å². The molecule has 0 radical (unpaired) electrons. The Hall–Kier alpha value is -1.95. The van der Waals surface area contributed by atoms with E-state index in [1.807, 2.05) is 6.92 Å². The zero-order chi connectivity index (χ0) is 15.2. The Bertz CT molecular complexity index is 522. The normalized spacial score (nSPS) is 18.4. The summed E-state index contributed by atoms with van der Waals surface area (Å²) in [5.74, 6) is -0.637. The van der Waals surface area contributed by atoms with E-state index in [4.69, 9.17) is 4.74 Å². The van der Waals surface area contributed by atoms with Crippen molar-refractivity contribution in [3.8, 4) is 0 Å². The van der Waals surface area contributed by atoms with Crippen molar-refractivity contribution < 1.29 is 18.7 Å². The molecule has 1 atom stereocenters. The van der Waals surface area contributed by atoms with Crippen LogP contribution in [0, 0.1) is 5.82 Å². The molecule has 1 N–H and O–H groups in total. The van der Waals surface area contributed by atoms with Crippen molar-refractivity contribution in [3.63, 3.8) is 0 Å². The van der Waals surface area contributed by atoms with Gasteiger partial charge in [-0.15, -0.1) is 0 Å². The number of anilines is 1. The maximum Gasteiger partial charge on any atom is 0.245 e. The summed E-state index contributed by atoms with van der Waals surface area (Å²) in [7, 11) is 0. The second-order valence-electron chi connectivity index (χ2n) is 4.94. The molecule has 0 saturated carbocycles. The van der Waals surface area contributed by atoms with E-state index in [-0.39, 0.29) is 18.1 Å². The molecule has 1 aliphatic rings. The largest absolute Gasteiger partial charge is 0.377 e. The van der Waals surface area contributed by atoms with Gasteiger partial charge >= 0.3 is 0 Å². The number of amides is 1. The second-order valence-corrected chi connectivity index (χ2v) is 4.94. The predicted octanol–water partition coefficient (Wildman–Crippen LogP) is 1.37. The maximum atomic E-state index is 13.6. The number of hydrogen-bond donors (Lipinski definition) is 1. The summed E-state index contributed by atoms with van der Waals surface area (Å²) in [4.78, 5) is 24.8. The van der Waals surface area contributed by atoms with Gasteiger partial charge in [-0.2, -0.15) is 0 Å². The number of ether oxygens (including phenoxy) is 1. The maximum absolute atomic E-state index is 13.6. The van der Waals surface area contributed by atoms with Gasteiger partial charge in [-0.3, -0.25) is 9.59 Å². The number of morpholine rings is 1. The minimum absolute atomic E-state index is 0.145. The summed E-state index contributed by atoms with van der Waals surface area (Å²) >= 11 is 0. The van der Waals surface area contributed by atoms with Crippen LogP contribution in [0.15, 0.2) is 18.2 Å². The van der Waals surface area contributed by atoms with E-state index in [1.165, 1.54) is 12.1 Å². The highest BCUT2D eigenvalue weighted by Gasteiger charge is 2.29. The predicted molar refractivity (Wildman–Crippen MR) is 77.0 cm³/mol. The third-order valence-corrected chi connectivity index (χ3v) is 3.35. The van der Waals surface area contributed by atoms with Crippen LogP contribution in [0.1, 0.15) is 23.7 Å². The van der Waals surface area contributed by atoms with Crippen LogP contribution >= 0.6 is 0 Å². The fourth-order valence-corrected chi connectivity index (χ4v) is 2.33. The molecular weight excluding hydrogens is 275 g/mol. The number of aldehydes is 1. The van der Waals surface area contributed by atoms with E-state index in [9.17, 15) is 14.0 Å². The molecule has 5 nitrogen and oxygen atoms in total. The van der Waals surface area contributed by atoms with Crippen molar-refractivity contribution in [2.45, 2.75) is 19.4 Å². The van der Waals surface area contributed by atoms with Crippen molar-refractivity contribution in [1.82, 2.24) is 5.32 Å². The molecule has 0 spiro atoms. The molecule has 1 fully saturated rings. The zero-order valence-corrected chi connectivity index (χ0v) is 12.0. The quantitative estimate of drug-likeness (QED) is 0.833. The lowest BCUT2D eigenvalue weighted by Crippen LogP contribution is -2.54. The SMILES string of the molecule is CCCNC(=O)C1COCCN1c1cc(F)cc(C=O)c1. The van der Waals surface area contributed by atoms with Gasteiger partial charge < -0.3 is 15.0 Å². The number of carbonyl (C=O) groups is 2. The number of nitrogens with one attached hydrogen (secondary N) is 1. The highest BCUT2D eigenvalue weighted by atomic mass is 19.1. The molecule has 114 valence electrons. The molecule has 0 aromatic heterocycles. The van der Waals surface area contributed by atoms with Crippen molar-refractivity contribution >= 4 is 17.9 Å². The van der Waals surface area contributed by atoms with Crippen molar-refractivity contribution in [2.75, 3.05) is 31.2 Å². The first kappa shape index (κ1) is 15.4. The van der Waals surface area contributed by atoms with E-state index in [0.29, 0.717) is 31.7 Å². The van der Waals surface area contributed by atoms with E-state index < -0.39 is 11.9 Å². The van der Waals surface area contributed by atoms with Gasteiger partial charge in [0.05, 0.1) is 13.2 Å². The molecule has 2 rings (SSSR count). The Balaban J connectivity index is 2.23. The standard InChI is InChI=1S/C15H19FN2O3/c1-2-3-17-15(20)14-10-21-5-4-18(14)13-7-11(9-19)6-12(16)8-13/h6-9,14H,2-5,10H2,1H3,(H,17,20). The summed E-state index contributed by atoms with van der Waals surface area (Å²) in [6, 6.07) is 3.58. The van der Waals surface area contributed by atoms with Crippen LogP contribution in [-0.4, -0.2) is 44.5 Å². The van der Waals surface area contributed by atoms with Gasteiger partial charge in [0, 0.05) is 24.3 Å². The van der Waals surface area contributed by atoms with Gasteiger partial charge in [0.2, 0.25) is 5.91 Å². The molecule has 1 amide bonds. The molecule has 0 aliphatic carbocycles. The number of nitrogens with zero attached hydrogens (tertiary/aromatic N) is 1. The Labute approximate surface area is 123 Å². The first-order valence-electron chi connectivity index (χ1n) is 7.03. The third-order valence-electron chi connectivity index (χ3n) is 3.35. The topological polar surface area (TPSA) is 58.6 Å². The molecular formula is C15H19FN2O3. The second kappa shape index (κ2) is 7.17. The van der Waals surface area contributed by atoms with E-state index in [1.54, 1.807) is 11.0 Å². The summed E-state index contributed by atoms with van der Waals surface area (Å²) in [5.41, 5.74) is 0.779. The third kappa shape index (κ3) is 3.78. The number of hydrogen-bond acceptors (Lipinski definition) is 4. The van der Waals surface area contributed by atoms with Crippen LogP contribution in [0.4, 0.5) is 10.1 Å². The monoisotopic (exact) mass is 294 g/mol. The van der Waals surface area contributed by atoms with Gasteiger partial charge in [0.25, 0.3) is 0 Å². The minimum Gasteiger partial charge on any atom is -0.377 e. The van der Waals surface area contributed by atoms with E-state index >= 15 is 0 Å². The zero-order valence-electron chi connectivity index (χ0n) is 12.0. The number of rotatable bonds is 5. The highest BCUT2D eigenvalue weighted by Crippen LogP contribution is 2.22. The first-order chi connectivity index (χ1) is 10.2. The van der Waals surface area contributed by atoms with Crippen LogP contribution in [0.25, 0.3) is 0 Å². The average Bonchev–Trinajstić information content (AvgIpc) is 2.51. The fraction of sp³-hybridized carbons (Fsp3) is 0.467. The lowest BCUT2D eigenvalue weighted by molar-refractivity contribution is -0.124. The van der Waals surface area contributed by atoms with Crippen LogP contribution in [0.5, 0.6) is 0 Å². The Morgan fingerprint density at radius 3 is 3.05 bits per heavy atom. The lowest BCUT2D eigenvalue weighted by atomic mass is 10.1. The minimum atomic E-state index is -0.508. The number of halogens is 1. The Kier molecular flexibility index (Phi) is 5.27. The Morgan fingerprint density at radius 1 is 1.52 bits per heavy atom. The van der Waals surface area contributed by atoms with E-state index in [0.717, 1.165) is 6.42 Å². The number of benzene rings is 1. The summed E-state index contributed by atoms with van der Waals surface area (Å²) < 4.78 is 18.9. The van der Waals surface area contributed by atoms with Crippen molar-refractivity contribution in [1.29, 1.82) is 0 Å². The molecule has 6 heteroatoms. The Morgan fingerprint density at radius 2 is 2.33 bits per heavy atom. The van der Waals surface area contributed by atoms with Crippen molar-refractivity contribution in [3.05, 3.63) is 29.6 Å². The van der Waals surface area contributed by atoms with Gasteiger partial charge in [0.1, 0.15) is 18.1 Å². The molecule has 1 aromatic rings. The molecule has 1 aromatic carbocycles. The lowest BCUT2D eigenvalue weighted by Gasteiger charge is -2.36. The molecule has 21 heavy (non-hydrogen) atoms. The van der Waals surface area contributed by atoms with Crippen molar-refractivity contribution in [2.24, 2.45) is 0 Å². The fourth-order valence-electron chi connectivity index (χ4n) is 2.33. The number of carbonyl (C=O) groups excluding carboxylic acids is 2. The summed E-state index contributed by atoms with van der Waals surface area (Å²) in [5, 5.41) is 2.82. The van der Waals surface area contributed by atoms with Gasteiger partial charge in [-0.05, 0) is 24.6 Å².